The molecule has 1 aromatic carbocycles. The van der Waals surface area contributed by atoms with Gasteiger partial charge < -0.3 is 15.2 Å². The summed E-state index contributed by atoms with van der Waals surface area (Å²) < 4.78 is 12.2. The minimum Gasteiger partial charge on any atom is -0.491 e. The van der Waals surface area contributed by atoms with Gasteiger partial charge in [0.25, 0.3) is 0 Å². The second kappa shape index (κ2) is 6.55. The van der Waals surface area contributed by atoms with Crippen molar-refractivity contribution >= 4 is 15.9 Å². The number of rotatable bonds is 6. The second-order valence-corrected chi connectivity index (χ2v) is 5.84. The van der Waals surface area contributed by atoms with Gasteiger partial charge in [0, 0.05) is 10.0 Å². The fourth-order valence-electron chi connectivity index (χ4n) is 2.25. The molecule has 3 nitrogen and oxygen atoms in total. The number of hydrogen-bond acceptors (Lipinski definition) is 3. The molecular weight excluding hydrogens is 294 g/mol. The van der Waals surface area contributed by atoms with Crippen LogP contribution in [0, 0.1) is 0 Å². The predicted octanol–water partition coefficient (Wildman–Crippen LogP) is 3.12. The molecule has 1 aliphatic rings. The zero-order chi connectivity index (χ0) is 12.8. The Morgan fingerprint density at radius 2 is 1.78 bits per heavy atom. The first kappa shape index (κ1) is 13.8. The molecule has 2 rings (SSSR count). The van der Waals surface area contributed by atoms with Crippen molar-refractivity contribution in [1.82, 2.24) is 0 Å². The number of nitrogens with two attached hydrogens (primary N) is 1. The summed E-state index contributed by atoms with van der Waals surface area (Å²) in [5.74, 6) is 0.866. The second-order valence-electron chi connectivity index (χ2n) is 4.92. The third-order valence-electron chi connectivity index (χ3n) is 3.30. The van der Waals surface area contributed by atoms with E-state index in [9.17, 15) is 0 Å². The maximum atomic E-state index is 6.20. The summed E-state index contributed by atoms with van der Waals surface area (Å²) in [6.45, 7) is 1.81. The van der Waals surface area contributed by atoms with Crippen molar-refractivity contribution in [3.8, 4) is 5.75 Å². The van der Waals surface area contributed by atoms with Crippen LogP contribution in [0.1, 0.15) is 25.7 Å². The van der Waals surface area contributed by atoms with Gasteiger partial charge in [-0.05, 0) is 37.1 Å². The van der Waals surface area contributed by atoms with Gasteiger partial charge in [-0.1, -0.05) is 28.8 Å². The van der Waals surface area contributed by atoms with Crippen LogP contribution in [0.3, 0.4) is 0 Å². The molecular formula is C14H20BrNO2. The Labute approximate surface area is 117 Å². The smallest absolute Gasteiger partial charge is 0.119 e. The molecule has 0 aliphatic heterocycles. The Bertz CT molecular complexity index is 361. The van der Waals surface area contributed by atoms with Crippen molar-refractivity contribution in [2.24, 2.45) is 5.73 Å². The highest BCUT2D eigenvalue weighted by molar-refractivity contribution is 9.10. The maximum Gasteiger partial charge on any atom is 0.119 e. The minimum atomic E-state index is -0.0857. The van der Waals surface area contributed by atoms with E-state index in [1.54, 1.807) is 0 Å². The van der Waals surface area contributed by atoms with E-state index in [0.29, 0.717) is 19.8 Å². The molecule has 0 amide bonds. The quantitative estimate of drug-likeness (QED) is 0.821. The number of ether oxygens (including phenoxy) is 2. The van der Waals surface area contributed by atoms with E-state index in [0.717, 1.165) is 23.1 Å². The molecule has 0 unspecified atom stereocenters. The zero-order valence-electron chi connectivity index (χ0n) is 10.5. The van der Waals surface area contributed by atoms with Gasteiger partial charge in [0.15, 0.2) is 0 Å². The molecule has 0 aromatic heterocycles. The lowest BCUT2D eigenvalue weighted by Gasteiger charge is -2.23. The zero-order valence-corrected chi connectivity index (χ0v) is 12.1. The van der Waals surface area contributed by atoms with Gasteiger partial charge in [-0.15, -0.1) is 0 Å². The molecule has 0 atom stereocenters. The maximum absolute atomic E-state index is 6.20. The number of hydrogen-bond donors (Lipinski definition) is 1. The average molecular weight is 314 g/mol. The van der Waals surface area contributed by atoms with Crippen molar-refractivity contribution in [2.75, 3.05) is 19.8 Å². The Hall–Kier alpha value is -0.580. The fraction of sp³-hybridized carbons (Fsp3) is 0.571. The van der Waals surface area contributed by atoms with Crippen LogP contribution in [0.15, 0.2) is 28.7 Å². The van der Waals surface area contributed by atoms with Crippen molar-refractivity contribution in [2.45, 2.75) is 31.2 Å². The van der Waals surface area contributed by atoms with Crippen molar-refractivity contribution in [1.29, 1.82) is 0 Å². The molecule has 0 radical (unpaired) electrons. The summed E-state index contributed by atoms with van der Waals surface area (Å²) in [6, 6.07) is 7.80. The third-order valence-corrected chi connectivity index (χ3v) is 3.83. The third kappa shape index (κ3) is 4.26. The molecule has 1 fully saturated rings. The van der Waals surface area contributed by atoms with E-state index >= 15 is 0 Å². The summed E-state index contributed by atoms with van der Waals surface area (Å²) >= 11 is 3.39. The first-order valence-corrected chi connectivity index (χ1v) is 7.22. The highest BCUT2D eigenvalue weighted by Gasteiger charge is 2.29. The molecule has 0 saturated heterocycles. The van der Waals surface area contributed by atoms with Crippen LogP contribution in [-0.2, 0) is 4.74 Å². The highest BCUT2D eigenvalue weighted by atomic mass is 79.9. The summed E-state index contributed by atoms with van der Waals surface area (Å²) in [6.07, 6.45) is 4.63. The van der Waals surface area contributed by atoms with Gasteiger partial charge in [0.1, 0.15) is 12.4 Å². The molecule has 0 spiro atoms. The first-order valence-electron chi connectivity index (χ1n) is 6.43. The minimum absolute atomic E-state index is 0.0857. The van der Waals surface area contributed by atoms with Gasteiger partial charge in [0.05, 0.1) is 13.2 Å². The predicted molar refractivity (Wildman–Crippen MR) is 75.8 cm³/mol. The van der Waals surface area contributed by atoms with Gasteiger partial charge in [-0.25, -0.2) is 0 Å². The number of halogens is 1. The van der Waals surface area contributed by atoms with Gasteiger partial charge in [-0.3, -0.25) is 0 Å². The highest BCUT2D eigenvalue weighted by Crippen LogP contribution is 2.27. The lowest BCUT2D eigenvalue weighted by atomic mass is 10.0. The Balaban J connectivity index is 1.60. The van der Waals surface area contributed by atoms with E-state index in [-0.39, 0.29) is 5.54 Å². The topological polar surface area (TPSA) is 44.5 Å². The fourth-order valence-corrected chi connectivity index (χ4v) is 2.51. The van der Waals surface area contributed by atoms with E-state index < -0.39 is 0 Å². The monoisotopic (exact) mass is 313 g/mol. The molecule has 18 heavy (non-hydrogen) atoms. The molecule has 1 aromatic rings. The summed E-state index contributed by atoms with van der Waals surface area (Å²) in [4.78, 5) is 0. The first-order chi connectivity index (χ1) is 8.68. The van der Waals surface area contributed by atoms with Crippen LogP contribution in [0.4, 0.5) is 0 Å². The van der Waals surface area contributed by atoms with E-state index in [4.69, 9.17) is 15.2 Å². The average Bonchev–Trinajstić information content (AvgIpc) is 2.78. The number of benzene rings is 1. The normalized spacial score (nSPS) is 17.9. The van der Waals surface area contributed by atoms with Gasteiger partial charge in [-0.2, -0.15) is 0 Å². The lowest BCUT2D eigenvalue weighted by molar-refractivity contribution is 0.0643. The standard InChI is InChI=1S/C14H20BrNO2/c15-12-3-5-13(6-4-12)18-10-9-17-11-14(16)7-1-2-8-14/h3-6H,1-2,7-11,16H2. The molecule has 100 valence electrons. The molecule has 2 N–H and O–H groups in total. The van der Waals surface area contributed by atoms with Gasteiger partial charge in [0.2, 0.25) is 0 Å². The van der Waals surface area contributed by atoms with Crippen molar-refractivity contribution in [3.05, 3.63) is 28.7 Å². The van der Waals surface area contributed by atoms with Crippen molar-refractivity contribution < 1.29 is 9.47 Å². The summed E-state index contributed by atoms with van der Waals surface area (Å²) in [5, 5.41) is 0. The van der Waals surface area contributed by atoms with E-state index in [1.165, 1.54) is 12.8 Å². The van der Waals surface area contributed by atoms with Crippen LogP contribution in [0.2, 0.25) is 0 Å². The Morgan fingerprint density at radius 3 is 2.44 bits per heavy atom. The van der Waals surface area contributed by atoms with Crippen LogP contribution < -0.4 is 10.5 Å². The van der Waals surface area contributed by atoms with Crippen molar-refractivity contribution in [3.63, 3.8) is 0 Å². The lowest BCUT2D eigenvalue weighted by Crippen LogP contribution is -2.41. The van der Waals surface area contributed by atoms with Crippen LogP contribution in [-0.4, -0.2) is 25.4 Å². The van der Waals surface area contributed by atoms with Crippen LogP contribution >= 0.6 is 15.9 Å². The van der Waals surface area contributed by atoms with Crippen LogP contribution in [0.25, 0.3) is 0 Å². The molecule has 0 heterocycles. The molecule has 1 aliphatic carbocycles. The van der Waals surface area contributed by atoms with E-state index in [2.05, 4.69) is 15.9 Å². The molecule has 1 saturated carbocycles. The molecule has 4 heteroatoms. The van der Waals surface area contributed by atoms with E-state index in [1.807, 2.05) is 24.3 Å². The molecule has 0 bridgehead atoms. The largest absolute Gasteiger partial charge is 0.491 e. The Kier molecular flexibility index (Phi) is 5.03. The Morgan fingerprint density at radius 1 is 1.11 bits per heavy atom. The van der Waals surface area contributed by atoms with Gasteiger partial charge >= 0.3 is 0 Å². The summed E-state index contributed by atoms with van der Waals surface area (Å²) in [7, 11) is 0. The summed E-state index contributed by atoms with van der Waals surface area (Å²) in [5.41, 5.74) is 6.11. The van der Waals surface area contributed by atoms with Crippen LogP contribution in [0.5, 0.6) is 5.75 Å². The SMILES string of the molecule is NC1(COCCOc2ccc(Br)cc2)CCCC1.